The number of nitrogens with zero attached hydrogens (tertiary/aromatic N) is 3. The van der Waals surface area contributed by atoms with Crippen LogP contribution in [0, 0.1) is 11.8 Å². The highest BCUT2D eigenvalue weighted by Gasteiger charge is 2.44. The van der Waals surface area contributed by atoms with Gasteiger partial charge in [0.15, 0.2) is 0 Å². The minimum absolute atomic E-state index is 0.00803. The number of carbonyl (C=O) groups is 2. The first-order chi connectivity index (χ1) is 18.1. The van der Waals surface area contributed by atoms with Gasteiger partial charge in [-0.25, -0.2) is 5.43 Å². The lowest BCUT2D eigenvalue weighted by Crippen LogP contribution is -2.42. The molecule has 4 aliphatic rings. The molecule has 2 saturated carbocycles. The van der Waals surface area contributed by atoms with Crippen LogP contribution >= 0.6 is 0 Å². The van der Waals surface area contributed by atoms with E-state index in [-0.39, 0.29) is 35.7 Å². The van der Waals surface area contributed by atoms with Crippen molar-refractivity contribution in [2.45, 2.75) is 75.9 Å². The number of anilines is 2. The number of hydrazine groups is 1. The molecule has 9 nitrogen and oxygen atoms in total. The summed E-state index contributed by atoms with van der Waals surface area (Å²) in [6.07, 6.45) is 16.0. The number of likely N-dealkylation sites (tertiary alicyclic amines) is 1. The van der Waals surface area contributed by atoms with E-state index in [0.29, 0.717) is 17.3 Å². The molecule has 4 atom stereocenters. The quantitative estimate of drug-likeness (QED) is 0.459. The fourth-order valence-corrected chi connectivity index (χ4v) is 6.21. The van der Waals surface area contributed by atoms with Crippen molar-refractivity contribution >= 4 is 23.2 Å². The molecule has 2 aromatic heterocycles. The van der Waals surface area contributed by atoms with Crippen molar-refractivity contribution < 1.29 is 9.59 Å². The number of hydrogen-bond acceptors (Lipinski definition) is 7. The lowest BCUT2D eigenvalue weighted by molar-refractivity contribution is -0.119. The Bertz CT molecular complexity index is 1130. The normalized spacial score (nSPS) is 27.9. The molecule has 2 saturated heterocycles. The summed E-state index contributed by atoms with van der Waals surface area (Å²) in [6, 6.07) is 3.98. The summed E-state index contributed by atoms with van der Waals surface area (Å²) in [7, 11) is 0. The van der Waals surface area contributed by atoms with E-state index in [9.17, 15) is 9.59 Å². The van der Waals surface area contributed by atoms with Crippen molar-refractivity contribution in [3.05, 3.63) is 48.0 Å². The van der Waals surface area contributed by atoms with Crippen LogP contribution in [0.2, 0.25) is 0 Å². The van der Waals surface area contributed by atoms with Crippen molar-refractivity contribution in [3.63, 3.8) is 0 Å². The van der Waals surface area contributed by atoms with Crippen molar-refractivity contribution in [1.29, 1.82) is 0 Å². The lowest BCUT2D eigenvalue weighted by atomic mass is 9.73. The van der Waals surface area contributed by atoms with E-state index in [0.717, 1.165) is 38.6 Å². The molecule has 4 heterocycles. The van der Waals surface area contributed by atoms with Crippen LogP contribution in [-0.2, 0) is 16.1 Å². The molecule has 0 bridgehead atoms. The lowest BCUT2D eigenvalue weighted by Gasteiger charge is -2.33. The van der Waals surface area contributed by atoms with E-state index in [4.69, 9.17) is 0 Å². The standard InChI is InChI=1S/C28H37N7O2/c36-27(19-4-5-19)31-24-8-9-29-16-25(24)32-28(37)26-22-13-20(6-7-23(22)33-34-26)21-12-18(14-30-15-21)17-35-10-2-1-3-11-35/h8-9,12,14-16,19-20,22-23,26,33-34H,1-7,10-11,13,17H2,(H,32,37)(H,29,31,36). The number of carbonyl (C=O) groups excluding carboxylic acids is 2. The molecule has 0 aromatic carbocycles. The minimum atomic E-state index is -0.357. The maximum atomic E-state index is 13.4. The molecule has 4 unspecified atom stereocenters. The molecule has 0 radical (unpaired) electrons. The van der Waals surface area contributed by atoms with Crippen LogP contribution in [0.4, 0.5) is 11.4 Å². The topological polar surface area (TPSA) is 111 Å². The zero-order valence-electron chi connectivity index (χ0n) is 21.3. The van der Waals surface area contributed by atoms with Crippen molar-refractivity contribution in [3.8, 4) is 0 Å². The van der Waals surface area contributed by atoms with Gasteiger partial charge in [0.2, 0.25) is 11.8 Å². The van der Waals surface area contributed by atoms with Gasteiger partial charge in [-0.05, 0) is 81.1 Å². The fraction of sp³-hybridized carbons (Fsp3) is 0.571. The highest BCUT2D eigenvalue weighted by molar-refractivity contribution is 6.02. The van der Waals surface area contributed by atoms with Crippen molar-refractivity contribution in [2.75, 3.05) is 23.7 Å². The number of nitrogens with one attached hydrogen (secondary N) is 4. The zero-order valence-corrected chi connectivity index (χ0v) is 21.3. The van der Waals surface area contributed by atoms with E-state index in [1.807, 2.05) is 12.4 Å². The Morgan fingerprint density at radius 1 is 0.919 bits per heavy atom. The summed E-state index contributed by atoms with van der Waals surface area (Å²) >= 11 is 0. The Morgan fingerprint density at radius 2 is 1.76 bits per heavy atom. The molecule has 6 rings (SSSR count). The third-order valence-corrected chi connectivity index (χ3v) is 8.46. The predicted octanol–water partition coefficient (Wildman–Crippen LogP) is 3.18. The van der Waals surface area contributed by atoms with Gasteiger partial charge in [-0.3, -0.25) is 29.9 Å². The van der Waals surface area contributed by atoms with Gasteiger partial charge < -0.3 is 10.6 Å². The summed E-state index contributed by atoms with van der Waals surface area (Å²) in [5.41, 5.74) is 10.3. The van der Waals surface area contributed by atoms with Gasteiger partial charge in [0.05, 0.1) is 17.6 Å². The Labute approximate surface area is 218 Å². The monoisotopic (exact) mass is 503 g/mol. The SMILES string of the molecule is O=C(Nc1ccncc1NC(=O)C1NNC2CCC(c3cncc(CN4CCCCC4)c3)CC21)C1CC1. The number of piperidine rings is 1. The molecule has 4 fully saturated rings. The molecule has 2 aliphatic carbocycles. The van der Waals surface area contributed by atoms with Gasteiger partial charge in [0.25, 0.3) is 0 Å². The average molecular weight is 504 g/mol. The summed E-state index contributed by atoms with van der Waals surface area (Å²) < 4.78 is 0. The summed E-state index contributed by atoms with van der Waals surface area (Å²) in [5.74, 6) is 0.552. The average Bonchev–Trinajstić information content (AvgIpc) is 3.69. The van der Waals surface area contributed by atoms with E-state index in [2.05, 4.69) is 42.4 Å². The number of aromatic nitrogens is 2. The van der Waals surface area contributed by atoms with Gasteiger partial charge in [-0.15, -0.1) is 0 Å². The third-order valence-electron chi connectivity index (χ3n) is 8.46. The largest absolute Gasteiger partial charge is 0.324 e. The molecule has 4 N–H and O–H groups in total. The minimum Gasteiger partial charge on any atom is -0.324 e. The zero-order chi connectivity index (χ0) is 25.2. The van der Waals surface area contributed by atoms with E-state index < -0.39 is 0 Å². The van der Waals surface area contributed by atoms with Crippen LogP contribution in [0.1, 0.15) is 68.4 Å². The first-order valence-corrected chi connectivity index (χ1v) is 13.9. The predicted molar refractivity (Wildman–Crippen MR) is 142 cm³/mol. The first kappa shape index (κ1) is 24.5. The fourth-order valence-electron chi connectivity index (χ4n) is 6.21. The van der Waals surface area contributed by atoms with E-state index >= 15 is 0 Å². The number of pyridine rings is 2. The van der Waals surface area contributed by atoms with Crippen molar-refractivity contribution in [1.82, 2.24) is 25.7 Å². The van der Waals surface area contributed by atoms with Gasteiger partial charge in [-0.2, -0.15) is 0 Å². The second-order valence-electron chi connectivity index (χ2n) is 11.2. The maximum absolute atomic E-state index is 13.4. The van der Waals surface area contributed by atoms with E-state index in [1.54, 1.807) is 18.5 Å². The van der Waals surface area contributed by atoms with Gasteiger partial charge in [-0.1, -0.05) is 12.5 Å². The molecule has 2 amide bonds. The molecule has 196 valence electrons. The number of hydrogen-bond donors (Lipinski definition) is 4. The summed E-state index contributed by atoms with van der Waals surface area (Å²) in [4.78, 5) is 37.0. The molecule has 37 heavy (non-hydrogen) atoms. The Balaban J connectivity index is 1.11. The molecular formula is C28H37N7O2. The smallest absolute Gasteiger partial charge is 0.243 e. The number of rotatable bonds is 7. The van der Waals surface area contributed by atoms with Crippen LogP contribution in [0.5, 0.6) is 0 Å². The highest BCUT2D eigenvalue weighted by atomic mass is 16.2. The highest BCUT2D eigenvalue weighted by Crippen LogP contribution is 2.40. The molecule has 9 heteroatoms. The third kappa shape index (κ3) is 5.68. The summed E-state index contributed by atoms with van der Waals surface area (Å²) in [6.45, 7) is 3.32. The Kier molecular flexibility index (Phi) is 7.17. The van der Waals surface area contributed by atoms with Gasteiger partial charge in [0.1, 0.15) is 6.04 Å². The second kappa shape index (κ2) is 10.8. The molecule has 0 spiro atoms. The molecule has 2 aliphatic heterocycles. The van der Waals surface area contributed by atoms with Gasteiger partial charge in [0, 0.05) is 43.0 Å². The summed E-state index contributed by atoms with van der Waals surface area (Å²) in [5, 5.41) is 5.97. The van der Waals surface area contributed by atoms with Crippen LogP contribution < -0.4 is 21.5 Å². The Morgan fingerprint density at radius 3 is 2.59 bits per heavy atom. The maximum Gasteiger partial charge on any atom is 0.243 e. The van der Waals surface area contributed by atoms with Crippen LogP contribution in [0.25, 0.3) is 0 Å². The van der Waals surface area contributed by atoms with Crippen LogP contribution in [-0.4, -0.2) is 51.9 Å². The first-order valence-electron chi connectivity index (χ1n) is 13.9. The van der Waals surface area contributed by atoms with Crippen LogP contribution in [0.3, 0.4) is 0 Å². The van der Waals surface area contributed by atoms with Crippen LogP contribution in [0.15, 0.2) is 36.9 Å². The number of amides is 2. The van der Waals surface area contributed by atoms with Gasteiger partial charge >= 0.3 is 0 Å². The van der Waals surface area contributed by atoms with Crippen molar-refractivity contribution in [2.24, 2.45) is 11.8 Å². The number of fused-ring (bicyclic) bond motifs is 1. The second-order valence-corrected chi connectivity index (χ2v) is 11.2. The molecule has 2 aromatic rings. The Hall–Kier alpha value is -2.88. The molecular weight excluding hydrogens is 466 g/mol. The van der Waals surface area contributed by atoms with E-state index in [1.165, 1.54) is 43.5 Å².